The summed E-state index contributed by atoms with van der Waals surface area (Å²) in [5.74, 6) is 1.35. The smallest absolute Gasteiger partial charge is 0.226 e. The molecule has 2 heterocycles. The summed E-state index contributed by atoms with van der Waals surface area (Å²) in [7, 11) is 0. The van der Waals surface area contributed by atoms with Crippen molar-refractivity contribution in [2.75, 3.05) is 5.32 Å². The molecule has 0 atom stereocenters. The molecule has 0 unspecified atom stereocenters. The Morgan fingerprint density at radius 2 is 2.00 bits per heavy atom. The molecule has 2 aromatic rings. The number of fused-ring (bicyclic) bond motifs is 1. The molecule has 1 amide bonds. The molecule has 2 saturated carbocycles. The molecule has 0 saturated heterocycles. The molecule has 4 rings (SSSR count). The van der Waals surface area contributed by atoms with Gasteiger partial charge in [0.05, 0.1) is 0 Å². The van der Waals surface area contributed by atoms with E-state index in [-0.39, 0.29) is 5.91 Å². The summed E-state index contributed by atoms with van der Waals surface area (Å²) in [5.41, 5.74) is 2.76. The lowest BCUT2D eigenvalue weighted by molar-refractivity contribution is -0.117. The average Bonchev–Trinajstić information content (AvgIpc) is 2.71. The van der Waals surface area contributed by atoms with Gasteiger partial charge in [-0.25, -0.2) is 9.97 Å². The van der Waals surface area contributed by atoms with Crippen molar-refractivity contribution < 1.29 is 4.79 Å². The van der Waals surface area contributed by atoms with Crippen LogP contribution < -0.4 is 5.32 Å². The number of imidazole rings is 1. The van der Waals surface area contributed by atoms with E-state index in [1.54, 1.807) is 0 Å². The van der Waals surface area contributed by atoms with E-state index in [0.29, 0.717) is 24.3 Å². The highest BCUT2D eigenvalue weighted by atomic mass is 16.1. The Hall–Kier alpha value is -1.91. The van der Waals surface area contributed by atoms with Gasteiger partial charge in [0.25, 0.3) is 0 Å². The van der Waals surface area contributed by atoms with Crippen molar-refractivity contribution in [1.82, 2.24) is 14.5 Å². The Morgan fingerprint density at radius 3 is 2.64 bits per heavy atom. The minimum atomic E-state index is 0.0947. The first-order valence-electron chi connectivity index (χ1n) is 8.36. The van der Waals surface area contributed by atoms with Crippen LogP contribution in [0.1, 0.15) is 56.7 Å². The standard InChI is InChI=1S/C17H22N4O/c1-11-8-9-14-16(18-11)21(13-6-3-7-13)17(19-14)20-15(22)10-12-4-2-5-12/h8-9,12-13H,2-7,10H2,1H3,(H,19,20,22). The van der Waals surface area contributed by atoms with Gasteiger partial charge in [0.1, 0.15) is 5.52 Å². The van der Waals surface area contributed by atoms with Gasteiger partial charge >= 0.3 is 0 Å². The molecule has 5 heteroatoms. The Bertz CT molecular complexity index is 713. The highest BCUT2D eigenvalue weighted by Crippen LogP contribution is 2.37. The number of anilines is 1. The lowest BCUT2D eigenvalue weighted by atomic mass is 9.83. The second-order valence-electron chi connectivity index (χ2n) is 6.73. The van der Waals surface area contributed by atoms with Crippen molar-refractivity contribution in [3.8, 4) is 0 Å². The lowest BCUT2D eigenvalue weighted by Crippen LogP contribution is -2.25. The van der Waals surface area contributed by atoms with Crippen LogP contribution >= 0.6 is 0 Å². The van der Waals surface area contributed by atoms with Crippen LogP contribution in [0.3, 0.4) is 0 Å². The number of carbonyl (C=O) groups excluding carboxylic acids is 1. The van der Waals surface area contributed by atoms with E-state index in [0.717, 1.165) is 29.7 Å². The molecule has 0 aliphatic heterocycles. The zero-order chi connectivity index (χ0) is 15.1. The van der Waals surface area contributed by atoms with Crippen LogP contribution in [0.5, 0.6) is 0 Å². The van der Waals surface area contributed by atoms with E-state index in [2.05, 4.69) is 19.9 Å². The van der Waals surface area contributed by atoms with Crippen molar-refractivity contribution >= 4 is 23.0 Å². The molecular weight excluding hydrogens is 276 g/mol. The van der Waals surface area contributed by atoms with Gasteiger partial charge in [0, 0.05) is 18.2 Å². The van der Waals surface area contributed by atoms with Gasteiger partial charge in [-0.3, -0.25) is 14.7 Å². The maximum Gasteiger partial charge on any atom is 0.226 e. The van der Waals surface area contributed by atoms with E-state index >= 15 is 0 Å². The third kappa shape index (κ3) is 2.38. The van der Waals surface area contributed by atoms with Gasteiger partial charge in [-0.1, -0.05) is 6.42 Å². The highest BCUT2D eigenvalue weighted by Gasteiger charge is 2.27. The summed E-state index contributed by atoms with van der Waals surface area (Å²) < 4.78 is 2.14. The quantitative estimate of drug-likeness (QED) is 0.938. The molecule has 5 nitrogen and oxygen atoms in total. The Kier molecular flexibility index (Phi) is 3.36. The molecule has 2 fully saturated rings. The van der Waals surface area contributed by atoms with E-state index in [4.69, 9.17) is 0 Å². The summed E-state index contributed by atoms with van der Waals surface area (Å²) in [6, 6.07) is 4.40. The normalized spacial score (nSPS) is 19.0. The zero-order valence-electron chi connectivity index (χ0n) is 13.0. The van der Waals surface area contributed by atoms with Crippen LogP contribution in [-0.2, 0) is 4.79 Å². The number of carbonyl (C=O) groups is 1. The van der Waals surface area contributed by atoms with Crippen LogP contribution in [-0.4, -0.2) is 20.4 Å². The first-order chi connectivity index (χ1) is 10.7. The van der Waals surface area contributed by atoms with E-state index in [1.165, 1.54) is 25.7 Å². The number of aromatic nitrogens is 3. The van der Waals surface area contributed by atoms with Crippen LogP contribution in [0.25, 0.3) is 11.2 Å². The number of rotatable bonds is 4. The van der Waals surface area contributed by atoms with Gasteiger partial charge in [0.2, 0.25) is 11.9 Å². The maximum atomic E-state index is 12.3. The maximum absolute atomic E-state index is 12.3. The number of aryl methyl sites for hydroxylation is 1. The van der Waals surface area contributed by atoms with Crippen molar-refractivity contribution in [2.45, 2.75) is 57.9 Å². The van der Waals surface area contributed by atoms with Gasteiger partial charge in [-0.15, -0.1) is 0 Å². The molecule has 22 heavy (non-hydrogen) atoms. The Labute approximate surface area is 130 Å². The SMILES string of the molecule is Cc1ccc2nc(NC(=O)CC3CCC3)n(C3CCC3)c2n1. The molecule has 2 aliphatic carbocycles. The number of hydrogen-bond donors (Lipinski definition) is 1. The summed E-state index contributed by atoms with van der Waals surface area (Å²) in [5, 5.41) is 3.04. The van der Waals surface area contributed by atoms with Gasteiger partial charge < -0.3 is 0 Å². The minimum Gasteiger partial charge on any atom is -0.296 e. The van der Waals surface area contributed by atoms with Crippen LogP contribution in [0, 0.1) is 12.8 Å². The van der Waals surface area contributed by atoms with E-state index in [1.807, 2.05) is 19.1 Å². The van der Waals surface area contributed by atoms with Crippen molar-refractivity contribution in [2.24, 2.45) is 5.92 Å². The molecule has 2 aromatic heterocycles. The molecule has 0 aromatic carbocycles. The Balaban J connectivity index is 1.64. The second-order valence-corrected chi connectivity index (χ2v) is 6.73. The predicted octanol–water partition coefficient (Wildman–Crippen LogP) is 3.59. The van der Waals surface area contributed by atoms with E-state index < -0.39 is 0 Å². The largest absolute Gasteiger partial charge is 0.296 e. The predicted molar refractivity (Wildman–Crippen MR) is 85.7 cm³/mol. The van der Waals surface area contributed by atoms with Crippen LogP contribution in [0.2, 0.25) is 0 Å². The van der Waals surface area contributed by atoms with Crippen LogP contribution in [0.15, 0.2) is 12.1 Å². The number of nitrogens with one attached hydrogen (secondary N) is 1. The molecule has 1 N–H and O–H groups in total. The van der Waals surface area contributed by atoms with Crippen molar-refractivity contribution in [3.63, 3.8) is 0 Å². The number of pyridine rings is 1. The molecule has 0 radical (unpaired) electrons. The number of hydrogen-bond acceptors (Lipinski definition) is 3. The summed E-state index contributed by atoms with van der Waals surface area (Å²) >= 11 is 0. The Morgan fingerprint density at radius 1 is 1.23 bits per heavy atom. The topological polar surface area (TPSA) is 59.8 Å². The van der Waals surface area contributed by atoms with E-state index in [9.17, 15) is 4.79 Å². The first kappa shape index (κ1) is 13.7. The molecule has 2 aliphatic rings. The molecular formula is C17H22N4O. The zero-order valence-corrected chi connectivity index (χ0v) is 13.0. The first-order valence-corrected chi connectivity index (χ1v) is 8.36. The fraction of sp³-hybridized carbons (Fsp3) is 0.588. The summed E-state index contributed by atoms with van der Waals surface area (Å²) in [4.78, 5) is 21.5. The fourth-order valence-electron chi connectivity index (χ4n) is 3.28. The average molecular weight is 298 g/mol. The van der Waals surface area contributed by atoms with Gasteiger partial charge in [0.15, 0.2) is 5.65 Å². The highest BCUT2D eigenvalue weighted by molar-refractivity contribution is 5.91. The van der Waals surface area contributed by atoms with Crippen molar-refractivity contribution in [1.29, 1.82) is 0 Å². The van der Waals surface area contributed by atoms with Gasteiger partial charge in [-0.05, 0) is 57.1 Å². The summed E-state index contributed by atoms with van der Waals surface area (Å²) in [6.45, 7) is 1.99. The monoisotopic (exact) mass is 298 g/mol. The minimum absolute atomic E-state index is 0.0947. The van der Waals surface area contributed by atoms with Crippen molar-refractivity contribution in [3.05, 3.63) is 17.8 Å². The fourth-order valence-corrected chi connectivity index (χ4v) is 3.28. The molecule has 116 valence electrons. The molecule has 0 spiro atoms. The third-order valence-electron chi connectivity index (χ3n) is 5.07. The van der Waals surface area contributed by atoms with Gasteiger partial charge in [-0.2, -0.15) is 0 Å². The third-order valence-corrected chi connectivity index (χ3v) is 5.07. The lowest BCUT2D eigenvalue weighted by Gasteiger charge is -2.29. The second kappa shape index (κ2) is 5.38. The molecule has 0 bridgehead atoms. The number of nitrogens with zero attached hydrogens (tertiary/aromatic N) is 3. The number of amides is 1. The summed E-state index contributed by atoms with van der Waals surface area (Å²) in [6.07, 6.45) is 7.80. The van der Waals surface area contributed by atoms with Crippen LogP contribution in [0.4, 0.5) is 5.95 Å².